The van der Waals surface area contributed by atoms with Crippen molar-refractivity contribution in [3.8, 4) is 0 Å². The van der Waals surface area contributed by atoms with Gasteiger partial charge in [0.15, 0.2) is 0 Å². The molecule has 0 amide bonds. The first-order valence-corrected chi connectivity index (χ1v) is 6.98. The molecular formula is C10H20ClNS. The molecule has 3 heteroatoms. The summed E-state index contributed by atoms with van der Waals surface area (Å²) in [6.45, 7) is 3.90. The summed E-state index contributed by atoms with van der Waals surface area (Å²) in [6.07, 6.45) is 5.19. The fraction of sp³-hybridized carbons (Fsp3) is 1.00. The summed E-state index contributed by atoms with van der Waals surface area (Å²) in [5, 5.41) is 0. The van der Waals surface area contributed by atoms with Gasteiger partial charge in [-0.25, -0.2) is 0 Å². The van der Waals surface area contributed by atoms with Crippen LogP contribution in [0.4, 0.5) is 0 Å². The van der Waals surface area contributed by atoms with Gasteiger partial charge in [0.05, 0.1) is 0 Å². The van der Waals surface area contributed by atoms with E-state index in [4.69, 9.17) is 11.6 Å². The van der Waals surface area contributed by atoms with E-state index in [1.54, 1.807) is 0 Å². The molecule has 13 heavy (non-hydrogen) atoms. The molecule has 1 heterocycles. The van der Waals surface area contributed by atoms with E-state index in [-0.39, 0.29) is 0 Å². The molecule has 1 fully saturated rings. The lowest BCUT2D eigenvalue weighted by atomic mass is 10.2. The van der Waals surface area contributed by atoms with Crippen molar-refractivity contribution in [3.05, 3.63) is 0 Å². The molecule has 0 atom stereocenters. The number of halogens is 1. The molecule has 1 aliphatic heterocycles. The number of hydrogen-bond donors (Lipinski definition) is 0. The van der Waals surface area contributed by atoms with Gasteiger partial charge in [0.2, 0.25) is 0 Å². The van der Waals surface area contributed by atoms with Crippen LogP contribution in [0.15, 0.2) is 0 Å². The van der Waals surface area contributed by atoms with Gasteiger partial charge >= 0.3 is 0 Å². The highest BCUT2D eigenvalue weighted by atomic mass is 35.5. The SMILES string of the molecule is ClCCCCCN1CCCSCC1. The summed E-state index contributed by atoms with van der Waals surface area (Å²) in [7, 11) is 0. The molecule has 0 spiro atoms. The lowest BCUT2D eigenvalue weighted by Crippen LogP contribution is -2.27. The molecule has 1 saturated heterocycles. The molecule has 0 aromatic carbocycles. The molecule has 1 aliphatic rings. The molecule has 0 aliphatic carbocycles. The van der Waals surface area contributed by atoms with E-state index in [9.17, 15) is 0 Å². The molecular weight excluding hydrogens is 202 g/mol. The Labute approximate surface area is 91.2 Å². The first kappa shape index (κ1) is 11.7. The predicted octanol–water partition coefficient (Wildman–Crippen LogP) is 2.83. The molecule has 1 rings (SSSR count). The fourth-order valence-corrected chi connectivity index (χ4v) is 2.74. The average Bonchev–Trinajstić information content (AvgIpc) is 2.41. The van der Waals surface area contributed by atoms with Gasteiger partial charge < -0.3 is 4.90 Å². The van der Waals surface area contributed by atoms with Crippen LogP contribution in [0.2, 0.25) is 0 Å². The lowest BCUT2D eigenvalue weighted by molar-refractivity contribution is 0.289. The summed E-state index contributed by atoms with van der Waals surface area (Å²) in [6, 6.07) is 0. The summed E-state index contributed by atoms with van der Waals surface area (Å²) in [5.74, 6) is 3.52. The van der Waals surface area contributed by atoms with Crippen molar-refractivity contribution in [2.24, 2.45) is 0 Å². The second-order valence-corrected chi connectivity index (χ2v) is 5.16. The van der Waals surface area contributed by atoms with Gasteiger partial charge in [0.25, 0.3) is 0 Å². The Kier molecular flexibility index (Phi) is 7.14. The maximum atomic E-state index is 5.63. The van der Waals surface area contributed by atoms with E-state index in [2.05, 4.69) is 16.7 Å². The van der Waals surface area contributed by atoms with E-state index in [0.29, 0.717) is 0 Å². The zero-order valence-electron chi connectivity index (χ0n) is 8.30. The highest BCUT2D eigenvalue weighted by molar-refractivity contribution is 7.99. The Morgan fingerprint density at radius 2 is 2.00 bits per heavy atom. The summed E-state index contributed by atoms with van der Waals surface area (Å²) < 4.78 is 0. The van der Waals surface area contributed by atoms with Crippen LogP contribution in [0.1, 0.15) is 25.7 Å². The Morgan fingerprint density at radius 3 is 2.85 bits per heavy atom. The zero-order chi connectivity index (χ0) is 9.36. The van der Waals surface area contributed by atoms with E-state index < -0.39 is 0 Å². The van der Waals surface area contributed by atoms with E-state index in [1.165, 1.54) is 56.8 Å². The van der Waals surface area contributed by atoms with Gasteiger partial charge in [-0.15, -0.1) is 11.6 Å². The third kappa shape index (κ3) is 5.82. The minimum Gasteiger partial charge on any atom is -0.302 e. The maximum Gasteiger partial charge on any atom is 0.0223 e. The highest BCUT2D eigenvalue weighted by Crippen LogP contribution is 2.10. The number of rotatable bonds is 5. The second kappa shape index (κ2) is 7.95. The minimum atomic E-state index is 0.829. The van der Waals surface area contributed by atoms with E-state index in [0.717, 1.165) is 5.88 Å². The van der Waals surface area contributed by atoms with Crippen LogP contribution in [-0.4, -0.2) is 41.9 Å². The zero-order valence-corrected chi connectivity index (χ0v) is 9.88. The number of nitrogens with zero attached hydrogens (tertiary/aromatic N) is 1. The van der Waals surface area contributed by atoms with Gasteiger partial charge in [0.1, 0.15) is 0 Å². The number of alkyl halides is 1. The minimum absolute atomic E-state index is 0.829. The van der Waals surface area contributed by atoms with Gasteiger partial charge in [0, 0.05) is 18.2 Å². The van der Waals surface area contributed by atoms with Gasteiger partial charge in [-0.05, 0) is 38.1 Å². The summed E-state index contributed by atoms with van der Waals surface area (Å²) in [4.78, 5) is 2.61. The molecule has 78 valence electrons. The topological polar surface area (TPSA) is 3.24 Å². The number of hydrogen-bond acceptors (Lipinski definition) is 2. The largest absolute Gasteiger partial charge is 0.302 e. The third-order valence-electron chi connectivity index (χ3n) is 2.42. The van der Waals surface area contributed by atoms with E-state index in [1.807, 2.05) is 0 Å². The van der Waals surface area contributed by atoms with Crippen LogP contribution in [0.5, 0.6) is 0 Å². The Bertz CT molecular complexity index is 113. The van der Waals surface area contributed by atoms with Crippen molar-refractivity contribution < 1.29 is 0 Å². The standard InChI is InChI=1S/C10H20ClNS/c11-5-2-1-3-6-12-7-4-9-13-10-8-12/h1-10H2. The smallest absolute Gasteiger partial charge is 0.0223 e. The van der Waals surface area contributed by atoms with Crippen molar-refractivity contribution in [1.29, 1.82) is 0 Å². The van der Waals surface area contributed by atoms with Crippen LogP contribution in [0.25, 0.3) is 0 Å². The van der Waals surface area contributed by atoms with Crippen molar-refractivity contribution >= 4 is 23.4 Å². The molecule has 0 bridgehead atoms. The quantitative estimate of drug-likeness (QED) is 0.519. The normalized spacial score (nSPS) is 20.1. The van der Waals surface area contributed by atoms with Crippen LogP contribution in [0.3, 0.4) is 0 Å². The Balaban J connectivity index is 1.98. The number of thioether (sulfide) groups is 1. The van der Waals surface area contributed by atoms with Gasteiger partial charge in [-0.2, -0.15) is 11.8 Å². The molecule has 0 unspecified atom stereocenters. The van der Waals surface area contributed by atoms with Gasteiger partial charge in [-0.1, -0.05) is 6.42 Å². The molecule has 1 nitrogen and oxygen atoms in total. The summed E-state index contributed by atoms with van der Waals surface area (Å²) in [5.41, 5.74) is 0. The molecule has 0 radical (unpaired) electrons. The first-order chi connectivity index (χ1) is 6.43. The van der Waals surface area contributed by atoms with Crippen molar-refractivity contribution in [3.63, 3.8) is 0 Å². The second-order valence-electron chi connectivity index (χ2n) is 3.56. The fourth-order valence-electron chi connectivity index (χ4n) is 1.63. The van der Waals surface area contributed by atoms with Crippen molar-refractivity contribution in [2.45, 2.75) is 25.7 Å². The van der Waals surface area contributed by atoms with Crippen LogP contribution >= 0.6 is 23.4 Å². The molecule has 0 aromatic heterocycles. The molecule has 0 saturated carbocycles. The Hall–Kier alpha value is 0.600. The van der Waals surface area contributed by atoms with Crippen LogP contribution < -0.4 is 0 Å². The van der Waals surface area contributed by atoms with Crippen molar-refractivity contribution in [1.82, 2.24) is 4.90 Å². The monoisotopic (exact) mass is 221 g/mol. The third-order valence-corrected chi connectivity index (χ3v) is 3.74. The van der Waals surface area contributed by atoms with Crippen molar-refractivity contribution in [2.75, 3.05) is 37.0 Å². The summed E-state index contributed by atoms with van der Waals surface area (Å²) >= 11 is 7.73. The van der Waals surface area contributed by atoms with Gasteiger partial charge in [-0.3, -0.25) is 0 Å². The molecule has 0 N–H and O–H groups in total. The highest BCUT2D eigenvalue weighted by Gasteiger charge is 2.07. The predicted molar refractivity (Wildman–Crippen MR) is 63.0 cm³/mol. The molecule has 0 aromatic rings. The van der Waals surface area contributed by atoms with E-state index >= 15 is 0 Å². The lowest BCUT2D eigenvalue weighted by Gasteiger charge is -2.18. The Morgan fingerprint density at radius 1 is 1.08 bits per heavy atom. The van der Waals surface area contributed by atoms with Crippen LogP contribution in [0, 0.1) is 0 Å². The maximum absolute atomic E-state index is 5.63. The van der Waals surface area contributed by atoms with Crippen LogP contribution in [-0.2, 0) is 0 Å². The number of unbranched alkanes of at least 4 members (excludes halogenated alkanes) is 2. The first-order valence-electron chi connectivity index (χ1n) is 5.29. The average molecular weight is 222 g/mol.